The molecule has 104 valence electrons. The van der Waals surface area contributed by atoms with Crippen LogP contribution in [-0.2, 0) is 5.41 Å². The van der Waals surface area contributed by atoms with Gasteiger partial charge >= 0.3 is 0 Å². The van der Waals surface area contributed by atoms with Crippen LogP contribution < -0.4 is 5.32 Å². The third-order valence-corrected chi connectivity index (χ3v) is 5.06. The van der Waals surface area contributed by atoms with Crippen molar-refractivity contribution in [1.82, 2.24) is 5.32 Å². The zero-order valence-electron chi connectivity index (χ0n) is 11.4. The highest BCUT2D eigenvalue weighted by atomic mass is 35.5. The minimum absolute atomic E-state index is 0.133. The van der Waals surface area contributed by atoms with E-state index in [1.54, 1.807) is 6.07 Å². The summed E-state index contributed by atoms with van der Waals surface area (Å²) in [6.45, 7) is 3.23. The third-order valence-electron chi connectivity index (χ3n) is 4.75. The molecule has 3 rings (SSSR count). The number of halogens is 2. The second kappa shape index (κ2) is 5.06. The Hall–Kier alpha value is -0.600. The highest BCUT2D eigenvalue weighted by Crippen LogP contribution is 2.51. The molecule has 0 radical (unpaired) electrons. The molecule has 0 heterocycles. The van der Waals surface area contributed by atoms with E-state index >= 15 is 0 Å². The molecule has 0 atom stereocenters. The van der Waals surface area contributed by atoms with E-state index in [0.29, 0.717) is 11.1 Å². The largest absolute Gasteiger partial charge is 0.313 e. The lowest BCUT2D eigenvalue weighted by Gasteiger charge is -2.49. The average molecular weight is 282 g/mol. The Labute approximate surface area is 119 Å². The molecule has 3 heteroatoms. The minimum atomic E-state index is -0.245. The van der Waals surface area contributed by atoms with Gasteiger partial charge in [-0.15, -0.1) is 0 Å². The molecule has 0 spiro atoms. The van der Waals surface area contributed by atoms with Crippen molar-refractivity contribution in [3.05, 3.63) is 34.6 Å². The van der Waals surface area contributed by atoms with Crippen molar-refractivity contribution in [2.75, 3.05) is 6.54 Å². The third kappa shape index (κ3) is 2.66. The first kappa shape index (κ1) is 13.4. The van der Waals surface area contributed by atoms with Gasteiger partial charge in [-0.2, -0.15) is 0 Å². The van der Waals surface area contributed by atoms with Gasteiger partial charge in [-0.05, 0) is 49.3 Å². The van der Waals surface area contributed by atoms with Gasteiger partial charge in [-0.25, -0.2) is 4.39 Å². The Kier molecular flexibility index (Phi) is 3.57. The van der Waals surface area contributed by atoms with Crippen molar-refractivity contribution in [2.24, 2.45) is 5.92 Å². The molecule has 1 aromatic carbocycles. The topological polar surface area (TPSA) is 12.0 Å². The Morgan fingerprint density at radius 2 is 2.11 bits per heavy atom. The zero-order valence-corrected chi connectivity index (χ0v) is 12.1. The second-order valence-electron chi connectivity index (χ2n) is 6.24. The van der Waals surface area contributed by atoms with Gasteiger partial charge in [0.2, 0.25) is 0 Å². The van der Waals surface area contributed by atoms with Gasteiger partial charge in [-0.3, -0.25) is 0 Å². The van der Waals surface area contributed by atoms with Crippen LogP contribution in [0, 0.1) is 11.7 Å². The predicted octanol–water partition coefficient (Wildman–Crippen LogP) is 4.29. The minimum Gasteiger partial charge on any atom is -0.313 e. The molecule has 1 nitrogen and oxygen atoms in total. The van der Waals surface area contributed by atoms with Crippen molar-refractivity contribution in [2.45, 2.75) is 50.5 Å². The summed E-state index contributed by atoms with van der Waals surface area (Å²) in [5.74, 6) is 0.549. The van der Waals surface area contributed by atoms with Crippen LogP contribution in [0.4, 0.5) is 4.39 Å². The number of nitrogens with one attached hydrogen (secondary N) is 1. The lowest BCUT2D eigenvalue weighted by molar-refractivity contribution is 0.133. The highest BCUT2D eigenvalue weighted by Gasteiger charge is 2.46. The van der Waals surface area contributed by atoms with Crippen molar-refractivity contribution in [3.8, 4) is 0 Å². The molecule has 2 aliphatic carbocycles. The number of rotatable bonds is 5. The molecular weight excluding hydrogens is 261 g/mol. The molecule has 1 aromatic rings. The molecule has 19 heavy (non-hydrogen) atoms. The number of benzene rings is 1. The van der Waals surface area contributed by atoms with Crippen LogP contribution in [-0.4, -0.2) is 12.6 Å². The van der Waals surface area contributed by atoms with E-state index in [1.165, 1.54) is 38.2 Å². The summed E-state index contributed by atoms with van der Waals surface area (Å²) in [5, 5.41) is 4.22. The summed E-state index contributed by atoms with van der Waals surface area (Å²) in [7, 11) is 0. The normalized spacial score (nSPS) is 30.2. The van der Waals surface area contributed by atoms with E-state index in [2.05, 4.69) is 12.2 Å². The van der Waals surface area contributed by atoms with Crippen LogP contribution in [0.2, 0.25) is 5.02 Å². The first-order chi connectivity index (χ1) is 9.13. The van der Waals surface area contributed by atoms with E-state index in [-0.39, 0.29) is 11.2 Å². The summed E-state index contributed by atoms with van der Waals surface area (Å²) in [4.78, 5) is 0. The quantitative estimate of drug-likeness (QED) is 0.849. The Morgan fingerprint density at radius 1 is 1.37 bits per heavy atom. The van der Waals surface area contributed by atoms with E-state index < -0.39 is 0 Å². The van der Waals surface area contributed by atoms with E-state index in [0.717, 1.165) is 18.0 Å². The summed E-state index contributed by atoms with van der Waals surface area (Å²) in [5.41, 5.74) is 1.27. The fourth-order valence-electron chi connectivity index (χ4n) is 3.34. The van der Waals surface area contributed by atoms with Crippen LogP contribution in [0.25, 0.3) is 0 Å². The van der Waals surface area contributed by atoms with Crippen molar-refractivity contribution in [3.63, 3.8) is 0 Å². The molecule has 0 amide bonds. The molecule has 2 aliphatic rings. The second-order valence-corrected chi connectivity index (χ2v) is 6.65. The number of hydrogen-bond acceptors (Lipinski definition) is 1. The van der Waals surface area contributed by atoms with E-state index in [4.69, 9.17) is 11.6 Å². The molecular formula is C16H21ClFN. The van der Waals surface area contributed by atoms with Gasteiger partial charge in [0.1, 0.15) is 5.82 Å². The fraction of sp³-hybridized carbons (Fsp3) is 0.625. The van der Waals surface area contributed by atoms with Crippen LogP contribution in [0.1, 0.15) is 44.6 Å². The van der Waals surface area contributed by atoms with Crippen LogP contribution in [0.5, 0.6) is 0 Å². The standard InChI is InChI=1S/C16H21ClFN/c1-2-11-8-16(9-11,10-19-13-4-5-13)14-6-3-12(18)7-15(14)17/h3,6-7,11,13,19H,2,4-5,8-10H2,1H3. The fourth-order valence-corrected chi connectivity index (χ4v) is 3.71. The first-order valence-electron chi connectivity index (χ1n) is 7.32. The maximum absolute atomic E-state index is 13.2. The predicted molar refractivity (Wildman–Crippen MR) is 77.1 cm³/mol. The van der Waals surface area contributed by atoms with Crippen molar-refractivity contribution in [1.29, 1.82) is 0 Å². The molecule has 0 saturated heterocycles. The summed E-state index contributed by atoms with van der Waals surface area (Å²) in [6.07, 6.45) is 6.17. The highest BCUT2D eigenvalue weighted by molar-refractivity contribution is 6.31. The molecule has 2 fully saturated rings. The molecule has 1 N–H and O–H groups in total. The Balaban J connectivity index is 1.81. The maximum atomic E-state index is 13.2. The zero-order chi connectivity index (χ0) is 13.5. The van der Waals surface area contributed by atoms with Crippen molar-refractivity contribution < 1.29 is 4.39 Å². The lowest BCUT2D eigenvalue weighted by atomic mass is 9.58. The van der Waals surface area contributed by atoms with E-state index in [9.17, 15) is 4.39 Å². The monoisotopic (exact) mass is 281 g/mol. The summed E-state index contributed by atoms with van der Waals surface area (Å²) >= 11 is 6.28. The van der Waals surface area contributed by atoms with Crippen molar-refractivity contribution >= 4 is 11.6 Å². The SMILES string of the molecule is CCC1CC(CNC2CC2)(c2ccc(F)cc2Cl)C1. The summed E-state index contributed by atoms with van der Waals surface area (Å²) < 4.78 is 13.2. The van der Waals surface area contributed by atoms with Gasteiger partial charge in [0, 0.05) is 23.0 Å². The van der Waals surface area contributed by atoms with E-state index in [1.807, 2.05) is 6.07 Å². The maximum Gasteiger partial charge on any atom is 0.124 e. The Morgan fingerprint density at radius 3 is 2.68 bits per heavy atom. The lowest BCUT2D eigenvalue weighted by Crippen LogP contribution is -2.49. The molecule has 0 aliphatic heterocycles. The first-order valence-corrected chi connectivity index (χ1v) is 7.70. The average Bonchev–Trinajstić information content (AvgIpc) is 3.13. The van der Waals surface area contributed by atoms with Gasteiger partial charge < -0.3 is 5.32 Å². The van der Waals surface area contributed by atoms with Gasteiger partial charge in [0.25, 0.3) is 0 Å². The van der Waals surface area contributed by atoms with Crippen LogP contribution in [0.3, 0.4) is 0 Å². The molecule has 0 bridgehead atoms. The van der Waals surface area contributed by atoms with Gasteiger partial charge in [0.05, 0.1) is 0 Å². The van der Waals surface area contributed by atoms with Gasteiger partial charge in [0.15, 0.2) is 0 Å². The molecule has 2 saturated carbocycles. The summed E-state index contributed by atoms with van der Waals surface area (Å²) in [6, 6.07) is 5.59. The Bertz CT molecular complexity index is 464. The number of hydrogen-bond donors (Lipinski definition) is 1. The molecule has 0 aromatic heterocycles. The van der Waals surface area contributed by atoms with Gasteiger partial charge in [-0.1, -0.05) is 31.0 Å². The smallest absolute Gasteiger partial charge is 0.124 e. The van der Waals surface area contributed by atoms with Crippen LogP contribution in [0.15, 0.2) is 18.2 Å². The molecule has 0 unspecified atom stereocenters. The van der Waals surface area contributed by atoms with Crippen LogP contribution >= 0.6 is 11.6 Å².